The molecule has 163 valence electrons. The maximum atomic E-state index is 7.75. The summed E-state index contributed by atoms with van der Waals surface area (Å²) < 4.78 is 0. The quantitative estimate of drug-likeness (QED) is 0.157. The summed E-state index contributed by atoms with van der Waals surface area (Å²) in [5, 5.41) is 2.82. The predicted octanol–water partition coefficient (Wildman–Crippen LogP) is 4.65. The summed E-state index contributed by atoms with van der Waals surface area (Å²) in [7, 11) is 3.64. The summed E-state index contributed by atoms with van der Waals surface area (Å²) in [6, 6.07) is 33.8. The van der Waals surface area contributed by atoms with Crippen molar-refractivity contribution in [1.82, 2.24) is 9.97 Å². The van der Waals surface area contributed by atoms with Crippen molar-refractivity contribution >= 4 is 41.8 Å². The van der Waals surface area contributed by atoms with Gasteiger partial charge in [-0.15, -0.1) is 0 Å². The monoisotopic (exact) mass is 550 g/mol. The number of hydrogen-bond donors (Lipinski definition) is 0. The summed E-state index contributed by atoms with van der Waals surface area (Å²) in [4.78, 5) is 24.8. The fourth-order valence-corrected chi connectivity index (χ4v) is 5.56. The van der Waals surface area contributed by atoms with Gasteiger partial charge in [0, 0.05) is 6.20 Å². The minimum Gasteiger partial charge on any atom is -0.255 e. The van der Waals surface area contributed by atoms with E-state index in [0.29, 0.717) is 0 Å². The van der Waals surface area contributed by atoms with Gasteiger partial charge in [0.05, 0.1) is 35.6 Å². The van der Waals surface area contributed by atoms with Crippen molar-refractivity contribution in [2.75, 3.05) is 0 Å². The van der Waals surface area contributed by atoms with Gasteiger partial charge in [-0.05, 0) is 48.5 Å². The molecule has 0 atom stereocenters. The maximum Gasteiger partial charge on any atom is 0.108 e. The Kier molecular flexibility index (Phi) is 14.6. The van der Waals surface area contributed by atoms with E-state index in [9.17, 15) is 0 Å². The molecule has 7 heteroatoms. The fourth-order valence-electron chi connectivity index (χ4n) is 3.07. The van der Waals surface area contributed by atoms with Crippen molar-refractivity contribution in [3.05, 3.63) is 109 Å². The van der Waals surface area contributed by atoms with E-state index in [1.807, 2.05) is 47.8 Å². The van der Waals surface area contributed by atoms with Gasteiger partial charge < -0.3 is 9.59 Å². The third-order valence-corrected chi connectivity index (χ3v) is 7.11. The average Bonchev–Trinajstić information content (AvgIpc) is 2.92. The first-order valence-corrected chi connectivity index (χ1v) is 13.3. The van der Waals surface area contributed by atoms with Crippen LogP contribution in [0.2, 0.25) is 0 Å². The van der Waals surface area contributed by atoms with Crippen LogP contribution in [0.4, 0.5) is 0 Å². The van der Waals surface area contributed by atoms with E-state index in [0.717, 1.165) is 23.2 Å². The molecule has 2 aromatic heterocycles. The van der Waals surface area contributed by atoms with Crippen molar-refractivity contribution < 1.29 is 26.9 Å². The van der Waals surface area contributed by atoms with E-state index < -0.39 is 7.92 Å². The summed E-state index contributed by atoms with van der Waals surface area (Å²) in [6.45, 7) is 6.50. The molecule has 0 fully saturated rings. The second kappa shape index (κ2) is 17.0. The zero-order valence-electron chi connectivity index (χ0n) is 17.1. The smallest absolute Gasteiger partial charge is 0.108 e. The van der Waals surface area contributed by atoms with Gasteiger partial charge >= 0.3 is 27.0 Å². The van der Waals surface area contributed by atoms with Crippen LogP contribution in [0.15, 0.2) is 103 Å². The SMILES string of the molecule is [CH-]=O.[CH-]=O.[Cl][Ru+2].c1ccc([PH+](Cc2cccc(-c3ccccn3)n2)c2ccccc2)cc1. The molecule has 0 amide bonds. The molecule has 0 N–H and O–H groups in total. The molecule has 2 heterocycles. The number of nitrogens with zero attached hydrogens (tertiary/aromatic N) is 2. The number of aromatic nitrogens is 2. The minimum absolute atomic E-state index is 0.919. The van der Waals surface area contributed by atoms with Crippen LogP contribution in [-0.2, 0) is 33.1 Å². The first kappa shape index (κ1) is 27.5. The van der Waals surface area contributed by atoms with E-state index in [4.69, 9.17) is 14.6 Å². The summed E-state index contributed by atoms with van der Waals surface area (Å²) in [6.07, 6.45) is 2.77. The Bertz CT molecular complexity index is 970. The number of halogens is 1. The summed E-state index contributed by atoms with van der Waals surface area (Å²) in [5.41, 5.74) is 2.97. The van der Waals surface area contributed by atoms with Gasteiger partial charge in [0.25, 0.3) is 0 Å². The number of hydrogen-bond acceptors (Lipinski definition) is 4. The normalized spacial score (nSPS) is 9.19. The maximum absolute atomic E-state index is 7.75. The standard InChI is InChI=1S/C23H19N2P.2CHO.ClH.Ru/c1-3-11-20(12-4-1)26(21-13-5-2-6-14-21)18-19-10-9-16-23(25-19)22-15-7-8-17-24-22;2*1-2;;/h1-17H,18H2;2*1H;1H;/q;2*-1;;+3. The van der Waals surface area contributed by atoms with E-state index in [2.05, 4.69) is 101 Å². The molecule has 0 bridgehead atoms. The van der Waals surface area contributed by atoms with Gasteiger partial charge in [-0.1, -0.05) is 48.5 Å². The second-order valence-corrected chi connectivity index (χ2v) is 8.58. The van der Waals surface area contributed by atoms with Crippen molar-refractivity contribution in [2.45, 2.75) is 6.16 Å². The molecule has 4 rings (SSSR count). The van der Waals surface area contributed by atoms with E-state index in [1.54, 1.807) is 0 Å². The van der Waals surface area contributed by atoms with Crippen LogP contribution in [-0.4, -0.2) is 23.5 Å². The molecule has 0 aliphatic carbocycles. The van der Waals surface area contributed by atoms with Gasteiger partial charge in [0.1, 0.15) is 6.16 Å². The Balaban J connectivity index is 0.000000789. The van der Waals surface area contributed by atoms with Crippen LogP contribution in [0.3, 0.4) is 0 Å². The number of rotatable bonds is 5. The van der Waals surface area contributed by atoms with Crippen LogP contribution < -0.4 is 10.6 Å². The molecule has 0 saturated heterocycles. The molecule has 0 radical (unpaired) electrons. The number of carbonyl (C=O) groups excluding carboxylic acids is 2. The first-order chi connectivity index (χ1) is 15.9. The number of benzene rings is 2. The Labute approximate surface area is 204 Å². The van der Waals surface area contributed by atoms with Crippen LogP contribution in [0.25, 0.3) is 11.4 Å². The topological polar surface area (TPSA) is 59.9 Å². The average molecular weight is 550 g/mol. The van der Waals surface area contributed by atoms with Gasteiger partial charge in [-0.25, -0.2) is 4.98 Å². The third kappa shape index (κ3) is 8.51. The molecular formula is C25H22ClN2O2PRu+. The molecule has 0 aliphatic heterocycles. The van der Waals surface area contributed by atoms with Crippen molar-refractivity contribution in [1.29, 1.82) is 0 Å². The van der Waals surface area contributed by atoms with E-state index in [1.165, 1.54) is 10.6 Å². The Morgan fingerprint density at radius 1 is 0.656 bits per heavy atom. The van der Waals surface area contributed by atoms with Crippen molar-refractivity contribution in [2.24, 2.45) is 0 Å². The van der Waals surface area contributed by atoms with Gasteiger partial charge in [-0.3, -0.25) is 18.6 Å². The first-order valence-electron chi connectivity index (χ1n) is 9.35. The molecule has 0 unspecified atom stereocenters. The molecule has 0 saturated carbocycles. The minimum atomic E-state index is -0.933. The molecule has 4 aromatic rings. The number of pyridine rings is 2. The largest absolute Gasteiger partial charge is 0.255 e. The zero-order valence-corrected chi connectivity index (χ0v) is 20.6. The second-order valence-electron chi connectivity index (χ2n) is 6.12. The Morgan fingerprint density at radius 3 is 1.66 bits per heavy atom. The van der Waals surface area contributed by atoms with Crippen molar-refractivity contribution in [3.8, 4) is 11.4 Å². The summed E-state index contributed by atoms with van der Waals surface area (Å²) >= 11 is 1.82. The zero-order chi connectivity index (χ0) is 23.6. The molecule has 4 nitrogen and oxygen atoms in total. The van der Waals surface area contributed by atoms with Crippen LogP contribution >= 0.6 is 17.6 Å². The van der Waals surface area contributed by atoms with Gasteiger partial charge in [0.15, 0.2) is 0 Å². The van der Waals surface area contributed by atoms with Crippen molar-refractivity contribution in [3.63, 3.8) is 0 Å². The van der Waals surface area contributed by atoms with E-state index >= 15 is 0 Å². The van der Waals surface area contributed by atoms with E-state index in [-0.39, 0.29) is 0 Å². The summed E-state index contributed by atoms with van der Waals surface area (Å²) in [5.74, 6) is 0. The third-order valence-electron chi connectivity index (χ3n) is 4.34. The molecule has 0 aliphatic rings. The molecule has 2 aromatic carbocycles. The molecule has 0 spiro atoms. The Hall–Kier alpha value is -2.58. The van der Waals surface area contributed by atoms with Gasteiger partial charge in [0.2, 0.25) is 0 Å². The Morgan fingerprint density at radius 2 is 1.16 bits per heavy atom. The predicted molar refractivity (Wildman–Crippen MR) is 131 cm³/mol. The fraction of sp³-hybridized carbons (Fsp3) is 0.0400. The molecule has 32 heavy (non-hydrogen) atoms. The van der Waals surface area contributed by atoms with Crippen LogP contribution in [0.1, 0.15) is 5.69 Å². The van der Waals surface area contributed by atoms with Gasteiger partial charge in [-0.2, -0.15) is 0 Å². The molecular weight excluding hydrogens is 528 g/mol. The van der Waals surface area contributed by atoms with Crippen LogP contribution in [0.5, 0.6) is 0 Å². The van der Waals surface area contributed by atoms with Crippen LogP contribution in [0, 0.1) is 0 Å².